The number of methoxy groups -OCH3 is 2. The molecule has 0 fully saturated rings. The van der Waals surface area contributed by atoms with E-state index in [9.17, 15) is 19.7 Å². The Balaban J connectivity index is 1.54. The molecule has 1 aromatic carbocycles. The fourth-order valence-electron chi connectivity index (χ4n) is 3.89. The van der Waals surface area contributed by atoms with E-state index >= 15 is 0 Å². The van der Waals surface area contributed by atoms with Gasteiger partial charge in [-0.3, -0.25) is 24.6 Å². The zero-order valence-corrected chi connectivity index (χ0v) is 25.0. The van der Waals surface area contributed by atoms with Crippen LogP contribution in [0, 0.1) is 10.1 Å². The van der Waals surface area contributed by atoms with Gasteiger partial charge in [0, 0.05) is 19.3 Å². The molecule has 2 rings (SSSR count). The van der Waals surface area contributed by atoms with E-state index in [0.29, 0.717) is 79.3 Å². The molecule has 1 aromatic rings. The first-order chi connectivity index (χ1) is 20.9. The summed E-state index contributed by atoms with van der Waals surface area (Å²) in [5, 5.41) is 11.9. The van der Waals surface area contributed by atoms with Gasteiger partial charge in [0.1, 0.15) is 6.61 Å². The van der Waals surface area contributed by atoms with Crippen LogP contribution in [0.2, 0.25) is 0 Å². The van der Waals surface area contributed by atoms with Gasteiger partial charge in [-0.25, -0.2) is 0 Å². The van der Waals surface area contributed by atoms with E-state index in [4.69, 9.17) is 42.6 Å². The Bertz CT molecular complexity index is 1000. The molecule has 0 spiro atoms. The molecule has 242 valence electrons. The molecule has 0 aliphatic carbocycles. The first-order valence-corrected chi connectivity index (χ1v) is 13.9. The zero-order chi connectivity index (χ0) is 31.3. The fourth-order valence-corrected chi connectivity index (χ4v) is 3.89. The molecule has 1 heterocycles. The number of nitrogens with zero attached hydrogens (tertiary/aromatic N) is 2. The van der Waals surface area contributed by atoms with Crippen molar-refractivity contribution < 1.29 is 57.1 Å². The SMILES string of the molecule is COCCOCCOCCOCCOCCOCCOCCOc1ccc(C(C)N2C(=O)C=CC2=O)c([N+](=O)[O-])c1OC. The predicted molar refractivity (Wildman–Crippen MR) is 151 cm³/mol. The second-order valence-corrected chi connectivity index (χ2v) is 8.86. The van der Waals surface area contributed by atoms with Crippen molar-refractivity contribution in [3.8, 4) is 11.5 Å². The van der Waals surface area contributed by atoms with Crippen LogP contribution in [0.25, 0.3) is 0 Å². The highest BCUT2D eigenvalue weighted by Crippen LogP contribution is 2.43. The molecule has 0 aromatic heterocycles. The molecule has 1 aliphatic rings. The Kier molecular flexibility index (Phi) is 18.0. The van der Waals surface area contributed by atoms with E-state index in [1.807, 2.05) is 0 Å². The number of hydrogen-bond acceptors (Lipinski definition) is 13. The van der Waals surface area contributed by atoms with Gasteiger partial charge in [0.2, 0.25) is 5.75 Å². The molecule has 15 nitrogen and oxygen atoms in total. The highest BCUT2D eigenvalue weighted by molar-refractivity contribution is 6.13. The molecule has 0 saturated heterocycles. The van der Waals surface area contributed by atoms with Gasteiger partial charge in [0.05, 0.1) is 110 Å². The molecule has 1 atom stereocenters. The number of rotatable bonds is 26. The molecule has 1 aliphatic heterocycles. The number of carbonyl (C=O) groups is 2. The Morgan fingerprint density at radius 3 is 1.51 bits per heavy atom. The van der Waals surface area contributed by atoms with E-state index < -0.39 is 22.8 Å². The second kappa shape index (κ2) is 21.5. The van der Waals surface area contributed by atoms with Crippen LogP contribution < -0.4 is 9.47 Å². The van der Waals surface area contributed by atoms with Crippen LogP contribution in [0.1, 0.15) is 18.5 Å². The third kappa shape index (κ3) is 12.9. The minimum atomic E-state index is -0.881. The average Bonchev–Trinajstić information content (AvgIpc) is 3.34. The van der Waals surface area contributed by atoms with Crippen LogP contribution in [0.4, 0.5) is 5.69 Å². The van der Waals surface area contributed by atoms with Gasteiger partial charge in [-0.05, 0) is 19.1 Å². The summed E-state index contributed by atoms with van der Waals surface area (Å²) < 4.78 is 48.3. The van der Waals surface area contributed by atoms with E-state index in [1.54, 1.807) is 7.11 Å². The van der Waals surface area contributed by atoms with Crippen molar-refractivity contribution in [2.45, 2.75) is 13.0 Å². The van der Waals surface area contributed by atoms with Crippen molar-refractivity contribution in [1.82, 2.24) is 4.90 Å². The van der Waals surface area contributed by atoms with Crippen LogP contribution in [-0.2, 0) is 42.7 Å². The number of amides is 2. The summed E-state index contributed by atoms with van der Waals surface area (Å²) in [6.07, 6.45) is 2.25. The number of benzene rings is 1. The largest absolute Gasteiger partial charge is 0.488 e. The summed E-state index contributed by atoms with van der Waals surface area (Å²) in [5.41, 5.74) is -0.238. The first-order valence-electron chi connectivity index (χ1n) is 13.9. The van der Waals surface area contributed by atoms with Gasteiger partial charge in [-0.1, -0.05) is 0 Å². The zero-order valence-electron chi connectivity index (χ0n) is 25.0. The molecular weight excluding hydrogens is 572 g/mol. The lowest BCUT2D eigenvalue weighted by Gasteiger charge is -2.23. The number of nitro groups is 1. The second-order valence-electron chi connectivity index (χ2n) is 8.86. The van der Waals surface area contributed by atoms with E-state index in [-0.39, 0.29) is 36.0 Å². The van der Waals surface area contributed by atoms with Crippen molar-refractivity contribution in [3.05, 3.63) is 40.0 Å². The van der Waals surface area contributed by atoms with Crippen LogP contribution in [0.5, 0.6) is 11.5 Å². The van der Waals surface area contributed by atoms with Gasteiger partial charge in [0.25, 0.3) is 11.8 Å². The number of ether oxygens (including phenoxy) is 9. The molecule has 0 bridgehead atoms. The quantitative estimate of drug-likeness (QED) is 0.0642. The highest BCUT2D eigenvalue weighted by atomic mass is 16.6. The third-order valence-corrected chi connectivity index (χ3v) is 5.97. The Labute approximate surface area is 251 Å². The maximum Gasteiger partial charge on any atom is 0.320 e. The van der Waals surface area contributed by atoms with Gasteiger partial charge < -0.3 is 42.6 Å². The molecule has 2 amide bonds. The van der Waals surface area contributed by atoms with Crippen LogP contribution >= 0.6 is 0 Å². The van der Waals surface area contributed by atoms with E-state index in [1.165, 1.54) is 26.2 Å². The third-order valence-electron chi connectivity index (χ3n) is 5.97. The lowest BCUT2D eigenvalue weighted by atomic mass is 10.0. The number of imide groups is 1. The molecule has 15 heteroatoms. The van der Waals surface area contributed by atoms with Crippen molar-refractivity contribution in [2.75, 3.05) is 107 Å². The minimum absolute atomic E-state index is 0.103. The average molecular weight is 615 g/mol. The molecule has 0 N–H and O–H groups in total. The van der Waals surface area contributed by atoms with Crippen LogP contribution in [0.3, 0.4) is 0 Å². The van der Waals surface area contributed by atoms with Gasteiger partial charge in [-0.15, -0.1) is 0 Å². The van der Waals surface area contributed by atoms with E-state index in [2.05, 4.69) is 0 Å². The molecular formula is C28H42N2O13. The fraction of sp³-hybridized carbons (Fsp3) is 0.643. The Morgan fingerprint density at radius 2 is 1.12 bits per heavy atom. The minimum Gasteiger partial charge on any atom is -0.488 e. The maximum atomic E-state index is 12.1. The number of nitro benzene ring substituents is 1. The van der Waals surface area contributed by atoms with Gasteiger partial charge in [-0.2, -0.15) is 0 Å². The summed E-state index contributed by atoms with van der Waals surface area (Å²) in [4.78, 5) is 36.3. The summed E-state index contributed by atoms with van der Waals surface area (Å²) in [6.45, 7) is 7.39. The summed E-state index contributed by atoms with van der Waals surface area (Å²) in [7, 11) is 2.91. The predicted octanol–water partition coefficient (Wildman–Crippen LogP) is 1.71. The molecule has 0 saturated carbocycles. The number of carbonyl (C=O) groups excluding carboxylic acids is 2. The van der Waals surface area contributed by atoms with Crippen molar-refractivity contribution in [2.24, 2.45) is 0 Å². The molecule has 0 radical (unpaired) electrons. The van der Waals surface area contributed by atoms with Gasteiger partial charge >= 0.3 is 5.69 Å². The molecule has 1 unspecified atom stereocenters. The topological polar surface area (TPSA) is 164 Å². The monoisotopic (exact) mass is 614 g/mol. The summed E-state index contributed by atoms with van der Waals surface area (Å²) in [6, 6.07) is 2.06. The van der Waals surface area contributed by atoms with E-state index in [0.717, 1.165) is 17.1 Å². The lowest BCUT2D eigenvalue weighted by molar-refractivity contribution is -0.386. The van der Waals surface area contributed by atoms with Crippen molar-refractivity contribution >= 4 is 17.5 Å². The van der Waals surface area contributed by atoms with Crippen LogP contribution in [-0.4, -0.2) is 128 Å². The van der Waals surface area contributed by atoms with Crippen molar-refractivity contribution in [3.63, 3.8) is 0 Å². The van der Waals surface area contributed by atoms with Crippen molar-refractivity contribution in [1.29, 1.82) is 0 Å². The Morgan fingerprint density at radius 1 is 0.698 bits per heavy atom. The lowest BCUT2D eigenvalue weighted by Crippen LogP contribution is -2.33. The smallest absolute Gasteiger partial charge is 0.320 e. The summed E-state index contributed by atoms with van der Waals surface area (Å²) >= 11 is 0. The standard InChI is InChI=1S/C28H42N2O13/c1-22(29-25(31)6-7-26(29)32)23-4-5-24(28(36-3)27(23)30(33)34)43-21-20-42-19-18-41-17-16-40-15-14-39-13-12-38-11-10-37-9-8-35-2/h4-7,22H,8-21H2,1-3H3. The van der Waals surface area contributed by atoms with Crippen LogP contribution in [0.15, 0.2) is 24.3 Å². The first kappa shape index (κ1) is 36.0. The normalized spacial score (nSPS) is 13.6. The number of hydrogen-bond donors (Lipinski definition) is 0. The van der Waals surface area contributed by atoms with Gasteiger partial charge in [0.15, 0.2) is 5.75 Å². The highest BCUT2D eigenvalue weighted by Gasteiger charge is 2.36. The maximum absolute atomic E-state index is 12.1. The molecule has 43 heavy (non-hydrogen) atoms. The Hall–Kier alpha value is -3.18. The summed E-state index contributed by atoms with van der Waals surface area (Å²) in [5.74, 6) is -1.06.